The first kappa shape index (κ1) is 13.9. The van der Waals surface area contributed by atoms with Crippen LogP contribution in [0, 0.1) is 6.92 Å². The van der Waals surface area contributed by atoms with Crippen molar-refractivity contribution in [1.29, 1.82) is 0 Å². The van der Waals surface area contributed by atoms with E-state index >= 15 is 0 Å². The maximum atomic E-state index is 3.63. The maximum absolute atomic E-state index is 3.63. The summed E-state index contributed by atoms with van der Waals surface area (Å²) >= 11 is 3.54. The van der Waals surface area contributed by atoms with Crippen LogP contribution in [0.3, 0.4) is 0 Å². The largest absolute Gasteiger partial charge is 0.363 e. The van der Waals surface area contributed by atoms with Crippen LogP contribution in [-0.4, -0.2) is 24.2 Å². The molecule has 0 saturated carbocycles. The van der Waals surface area contributed by atoms with Crippen molar-refractivity contribution in [3.63, 3.8) is 0 Å². The molecule has 1 saturated heterocycles. The fraction of sp³-hybridized carbons (Fsp3) is 0.600. The van der Waals surface area contributed by atoms with Gasteiger partial charge in [-0.1, -0.05) is 15.9 Å². The molecule has 1 aromatic rings. The molecule has 0 unspecified atom stereocenters. The Balaban J connectivity index is 2.39. The molecular weight excluding hydrogens is 288 g/mol. The first-order chi connectivity index (χ1) is 8.21. The van der Waals surface area contributed by atoms with Gasteiger partial charge in [0.2, 0.25) is 0 Å². The summed E-state index contributed by atoms with van der Waals surface area (Å²) in [6.45, 7) is 13.4. The summed E-state index contributed by atoms with van der Waals surface area (Å²) in [6.07, 6.45) is 0. The molecule has 2 rings (SSSR count). The van der Waals surface area contributed by atoms with Crippen molar-refractivity contribution in [3.05, 3.63) is 28.2 Å². The third kappa shape index (κ3) is 2.72. The lowest BCUT2D eigenvalue weighted by molar-refractivity contribution is 0.260. The first-order valence-corrected chi connectivity index (χ1v) is 7.29. The average Bonchev–Trinajstić information content (AvgIpc) is 2.23. The summed E-state index contributed by atoms with van der Waals surface area (Å²) in [4.78, 5) is 2.53. The van der Waals surface area contributed by atoms with Crippen LogP contribution in [0.2, 0.25) is 0 Å². The highest BCUT2D eigenvalue weighted by molar-refractivity contribution is 9.10. The van der Waals surface area contributed by atoms with Crippen molar-refractivity contribution < 1.29 is 0 Å². The lowest BCUT2D eigenvalue weighted by Crippen LogP contribution is -2.66. The molecule has 3 heteroatoms. The number of nitrogens with zero attached hydrogens (tertiary/aromatic N) is 1. The fourth-order valence-electron chi connectivity index (χ4n) is 2.55. The number of anilines is 1. The number of hydrogen-bond acceptors (Lipinski definition) is 2. The van der Waals surface area contributed by atoms with Gasteiger partial charge in [-0.3, -0.25) is 0 Å². The van der Waals surface area contributed by atoms with E-state index in [-0.39, 0.29) is 11.1 Å². The summed E-state index contributed by atoms with van der Waals surface area (Å²) in [7, 11) is 0. The van der Waals surface area contributed by atoms with Gasteiger partial charge in [-0.25, -0.2) is 0 Å². The predicted molar refractivity (Wildman–Crippen MR) is 82.4 cm³/mol. The molecule has 0 radical (unpaired) electrons. The molecule has 0 spiro atoms. The Hall–Kier alpha value is -0.540. The molecule has 1 aliphatic rings. The van der Waals surface area contributed by atoms with E-state index in [1.165, 1.54) is 11.3 Å². The summed E-state index contributed by atoms with van der Waals surface area (Å²) in [5.41, 5.74) is 2.98. The molecule has 0 aliphatic carbocycles. The van der Waals surface area contributed by atoms with Gasteiger partial charge in [-0.2, -0.15) is 0 Å². The van der Waals surface area contributed by atoms with Crippen molar-refractivity contribution in [2.45, 2.75) is 45.7 Å². The third-order valence-electron chi connectivity index (χ3n) is 3.73. The number of nitrogens with one attached hydrogen (secondary N) is 1. The summed E-state index contributed by atoms with van der Waals surface area (Å²) < 4.78 is 1.15. The topological polar surface area (TPSA) is 15.3 Å². The predicted octanol–water partition coefficient (Wildman–Crippen LogP) is 3.72. The molecule has 0 aromatic heterocycles. The zero-order valence-electron chi connectivity index (χ0n) is 12.0. The Kier molecular flexibility index (Phi) is 3.50. The van der Waals surface area contributed by atoms with Crippen LogP contribution in [0.25, 0.3) is 0 Å². The molecule has 2 nitrogen and oxygen atoms in total. The highest BCUT2D eigenvalue weighted by atomic mass is 79.9. The highest BCUT2D eigenvalue weighted by Crippen LogP contribution is 2.33. The quantitative estimate of drug-likeness (QED) is 0.850. The van der Waals surface area contributed by atoms with Crippen LogP contribution >= 0.6 is 15.9 Å². The SMILES string of the molecule is Cc1cc(Br)ccc1N1CC(C)(C)NCC1(C)C. The number of hydrogen-bond donors (Lipinski definition) is 1. The second-order valence-corrected chi connectivity index (χ2v) is 7.48. The van der Waals surface area contributed by atoms with Crippen LogP contribution < -0.4 is 10.2 Å². The highest BCUT2D eigenvalue weighted by Gasteiger charge is 2.38. The van der Waals surface area contributed by atoms with Gasteiger partial charge in [0, 0.05) is 34.3 Å². The molecular formula is C15H23BrN2. The number of piperazine rings is 1. The van der Waals surface area contributed by atoms with E-state index in [2.05, 4.69) is 79.0 Å². The molecule has 1 fully saturated rings. The van der Waals surface area contributed by atoms with Gasteiger partial charge in [-0.15, -0.1) is 0 Å². The molecule has 1 aliphatic heterocycles. The minimum absolute atomic E-state index is 0.147. The van der Waals surface area contributed by atoms with Gasteiger partial charge in [0.15, 0.2) is 0 Å². The zero-order valence-corrected chi connectivity index (χ0v) is 13.6. The Morgan fingerprint density at radius 3 is 2.50 bits per heavy atom. The Morgan fingerprint density at radius 1 is 1.22 bits per heavy atom. The molecule has 1 N–H and O–H groups in total. The van der Waals surface area contributed by atoms with E-state index in [1.807, 2.05) is 0 Å². The second kappa shape index (κ2) is 4.53. The van der Waals surface area contributed by atoms with E-state index in [0.29, 0.717) is 0 Å². The molecule has 0 atom stereocenters. The monoisotopic (exact) mass is 310 g/mol. The summed E-state index contributed by atoms with van der Waals surface area (Å²) in [6, 6.07) is 6.55. The van der Waals surface area contributed by atoms with Gasteiger partial charge < -0.3 is 10.2 Å². The molecule has 0 amide bonds. The molecule has 18 heavy (non-hydrogen) atoms. The molecule has 100 valence electrons. The lowest BCUT2D eigenvalue weighted by Gasteiger charge is -2.51. The van der Waals surface area contributed by atoms with Crippen LogP contribution in [0.15, 0.2) is 22.7 Å². The van der Waals surface area contributed by atoms with E-state index < -0.39 is 0 Å². The maximum Gasteiger partial charge on any atom is 0.0471 e. The second-order valence-electron chi connectivity index (χ2n) is 6.57. The molecule has 0 bridgehead atoms. The Bertz CT molecular complexity index is 452. The minimum Gasteiger partial charge on any atom is -0.363 e. The number of benzene rings is 1. The van der Waals surface area contributed by atoms with Crippen LogP contribution in [0.4, 0.5) is 5.69 Å². The van der Waals surface area contributed by atoms with Gasteiger partial charge in [-0.05, 0) is 58.4 Å². The Morgan fingerprint density at radius 2 is 1.89 bits per heavy atom. The average molecular weight is 311 g/mol. The van der Waals surface area contributed by atoms with Crippen molar-refractivity contribution in [1.82, 2.24) is 5.32 Å². The smallest absolute Gasteiger partial charge is 0.0471 e. The van der Waals surface area contributed by atoms with E-state index in [1.54, 1.807) is 0 Å². The van der Waals surface area contributed by atoms with Crippen molar-refractivity contribution in [3.8, 4) is 0 Å². The standard InChI is InChI=1S/C15H23BrN2/c1-11-8-12(16)6-7-13(11)18-10-14(2,3)17-9-15(18,4)5/h6-8,17H,9-10H2,1-5H3. The van der Waals surface area contributed by atoms with Crippen LogP contribution in [-0.2, 0) is 0 Å². The lowest BCUT2D eigenvalue weighted by atomic mass is 9.90. The minimum atomic E-state index is 0.147. The molecule has 1 heterocycles. The van der Waals surface area contributed by atoms with Crippen LogP contribution in [0.1, 0.15) is 33.3 Å². The number of aryl methyl sites for hydroxylation is 1. The summed E-state index contributed by atoms with van der Waals surface area (Å²) in [5, 5.41) is 3.63. The van der Waals surface area contributed by atoms with Crippen molar-refractivity contribution >= 4 is 21.6 Å². The van der Waals surface area contributed by atoms with Gasteiger partial charge in [0.25, 0.3) is 0 Å². The summed E-state index contributed by atoms with van der Waals surface area (Å²) in [5.74, 6) is 0. The van der Waals surface area contributed by atoms with E-state index in [4.69, 9.17) is 0 Å². The van der Waals surface area contributed by atoms with E-state index in [9.17, 15) is 0 Å². The van der Waals surface area contributed by atoms with Crippen molar-refractivity contribution in [2.75, 3.05) is 18.0 Å². The number of rotatable bonds is 1. The van der Waals surface area contributed by atoms with Gasteiger partial charge in [0.05, 0.1) is 0 Å². The normalized spacial score (nSPS) is 22.0. The fourth-order valence-corrected chi connectivity index (χ4v) is 3.02. The van der Waals surface area contributed by atoms with Gasteiger partial charge in [0.1, 0.15) is 0 Å². The Labute approximate surface area is 119 Å². The zero-order chi connectivity index (χ0) is 13.6. The van der Waals surface area contributed by atoms with Gasteiger partial charge >= 0.3 is 0 Å². The third-order valence-corrected chi connectivity index (χ3v) is 4.23. The first-order valence-electron chi connectivity index (χ1n) is 6.50. The van der Waals surface area contributed by atoms with E-state index in [0.717, 1.165) is 17.6 Å². The van der Waals surface area contributed by atoms with Crippen LogP contribution in [0.5, 0.6) is 0 Å². The number of halogens is 1. The molecule has 1 aromatic carbocycles. The van der Waals surface area contributed by atoms with Crippen molar-refractivity contribution in [2.24, 2.45) is 0 Å².